The van der Waals surface area contributed by atoms with Crippen LogP contribution in [0.3, 0.4) is 0 Å². The minimum atomic E-state index is -0.605. The van der Waals surface area contributed by atoms with Crippen molar-refractivity contribution in [2.45, 2.75) is 0 Å². The molecule has 1 aromatic rings. The second-order valence-electron chi connectivity index (χ2n) is 2.56. The van der Waals surface area contributed by atoms with Gasteiger partial charge in [-0.15, -0.1) is 10.3 Å². The largest absolute Gasteiger partial charge is 0.323 e. The van der Waals surface area contributed by atoms with E-state index in [0.29, 0.717) is 5.69 Å². The zero-order valence-corrected chi connectivity index (χ0v) is 6.99. The molecule has 1 aliphatic rings. The molecule has 0 fully saturated rings. The molecule has 1 radical (unpaired) electrons. The number of nitrogens with zero attached hydrogens (tertiary/aromatic N) is 4. The van der Waals surface area contributed by atoms with E-state index in [9.17, 15) is 10.0 Å². The number of hydrogen-bond acceptors (Lipinski definition) is 3. The van der Waals surface area contributed by atoms with Gasteiger partial charge < -0.3 is 0 Å². The number of amides is 1. The number of rotatable bonds is 1. The summed E-state index contributed by atoms with van der Waals surface area (Å²) in [5, 5.41) is 20.4. The number of hydrogen-bond donors (Lipinski definition) is 0. The van der Waals surface area contributed by atoms with Crippen molar-refractivity contribution >= 4 is 17.4 Å². The minimum absolute atomic E-state index is 0.422. The second kappa shape index (κ2) is 3.25. The van der Waals surface area contributed by atoms with Gasteiger partial charge >= 0.3 is 5.91 Å². The molecule has 1 amide bonds. The van der Waals surface area contributed by atoms with Gasteiger partial charge in [0.1, 0.15) is 0 Å². The Morgan fingerprint density at radius 2 is 1.93 bits per heavy atom. The minimum Gasteiger partial charge on any atom is -0.263 e. The Labute approximate surface area is 79.1 Å². The van der Waals surface area contributed by atoms with Crippen LogP contribution in [0.15, 0.2) is 45.8 Å². The molecule has 0 bridgehead atoms. The fraction of sp³-hybridized carbons (Fsp3) is 0. The van der Waals surface area contributed by atoms with Crippen LogP contribution in [0.1, 0.15) is 0 Å². The Morgan fingerprint density at radius 3 is 2.50 bits per heavy atom. The lowest BCUT2D eigenvalue weighted by atomic mass is 10.3. The van der Waals surface area contributed by atoms with Gasteiger partial charge in [-0.1, -0.05) is 23.4 Å². The Bertz CT molecular complexity index is 413. The Morgan fingerprint density at radius 1 is 1.21 bits per heavy atom. The molecule has 1 aliphatic heterocycles. The van der Waals surface area contributed by atoms with Crippen LogP contribution >= 0.6 is 0 Å². The van der Waals surface area contributed by atoms with E-state index in [1.54, 1.807) is 24.3 Å². The molecule has 2 rings (SSSR count). The van der Waals surface area contributed by atoms with Gasteiger partial charge in [-0.3, -0.25) is 4.79 Å². The van der Waals surface area contributed by atoms with Gasteiger partial charge in [0.05, 0.1) is 5.69 Å². The molecule has 0 atom stereocenters. The molecule has 0 N–H and O–H groups in total. The average molecular weight is 189 g/mol. The van der Waals surface area contributed by atoms with E-state index in [4.69, 9.17) is 0 Å². The molecule has 0 saturated carbocycles. The summed E-state index contributed by atoms with van der Waals surface area (Å²) in [6.07, 6.45) is 0. The zero-order chi connectivity index (χ0) is 9.97. The third-order valence-electron chi connectivity index (χ3n) is 1.70. The predicted octanol–water partition coefficient (Wildman–Crippen LogP) is 1.14. The normalized spacial score (nSPS) is 18.1. The number of carbonyl (C=O) groups is 1. The first-order valence-corrected chi connectivity index (χ1v) is 3.84. The van der Waals surface area contributed by atoms with Crippen molar-refractivity contribution < 1.29 is 10.0 Å². The molecule has 0 aliphatic carbocycles. The summed E-state index contributed by atoms with van der Waals surface area (Å²) < 4.78 is 0. The van der Waals surface area contributed by atoms with Crippen molar-refractivity contribution in [3.05, 3.63) is 30.3 Å². The van der Waals surface area contributed by atoms with Crippen molar-refractivity contribution in [2.75, 3.05) is 5.01 Å². The lowest BCUT2D eigenvalue weighted by Crippen LogP contribution is -2.25. The second-order valence-corrected chi connectivity index (χ2v) is 2.56. The molecule has 6 heteroatoms. The van der Waals surface area contributed by atoms with E-state index in [0.717, 1.165) is 5.01 Å². The summed E-state index contributed by atoms with van der Waals surface area (Å²) in [5.41, 5.74) is 0.555. The van der Waals surface area contributed by atoms with Gasteiger partial charge in [0, 0.05) is 0 Å². The number of benzene rings is 1. The highest BCUT2D eigenvalue weighted by molar-refractivity contribution is 6.44. The summed E-state index contributed by atoms with van der Waals surface area (Å²) in [7, 11) is 0. The van der Waals surface area contributed by atoms with Crippen molar-refractivity contribution in [3.8, 4) is 0 Å². The standard InChI is InChI=1S/C8H5N4O2/c13-8-7(10-14)9-11-12(8)6-4-2-1-3-5-6/h1-5H/b10-7-. The van der Waals surface area contributed by atoms with E-state index in [1.807, 2.05) is 6.07 Å². The highest BCUT2D eigenvalue weighted by atomic mass is 16.4. The zero-order valence-electron chi connectivity index (χ0n) is 6.99. The van der Waals surface area contributed by atoms with Crippen molar-refractivity contribution in [3.63, 3.8) is 0 Å². The van der Waals surface area contributed by atoms with Crippen LogP contribution in [0.2, 0.25) is 0 Å². The molecular weight excluding hydrogens is 184 g/mol. The molecule has 6 nitrogen and oxygen atoms in total. The maximum atomic E-state index is 11.3. The van der Waals surface area contributed by atoms with Crippen LogP contribution in [0.25, 0.3) is 0 Å². The highest BCUT2D eigenvalue weighted by Gasteiger charge is 2.28. The third kappa shape index (κ3) is 1.22. The topological polar surface area (TPSA) is 77.3 Å². The van der Waals surface area contributed by atoms with Crippen LogP contribution < -0.4 is 5.01 Å². The van der Waals surface area contributed by atoms with Gasteiger partial charge in [-0.25, -0.2) is 0 Å². The van der Waals surface area contributed by atoms with Crippen molar-refractivity contribution in [1.82, 2.24) is 0 Å². The maximum absolute atomic E-state index is 11.3. The van der Waals surface area contributed by atoms with Gasteiger partial charge in [0.15, 0.2) is 0 Å². The van der Waals surface area contributed by atoms with E-state index in [1.165, 1.54) is 0 Å². The molecule has 1 aromatic carbocycles. The fourth-order valence-corrected chi connectivity index (χ4v) is 1.06. The summed E-state index contributed by atoms with van der Waals surface area (Å²) in [6, 6.07) is 8.69. The van der Waals surface area contributed by atoms with Crippen LogP contribution in [-0.4, -0.2) is 11.7 Å². The first-order chi connectivity index (χ1) is 6.83. The van der Waals surface area contributed by atoms with Gasteiger partial charge in [-0.05, 0) is 17.3 Å². The SMILES string of the molecule is [O]/N=C1\N=NN(c2ccccc2)C1=O. The molecule has 69 valence electrons. The van der Waals surface area contributed by atoms with Crippen molar-refractivity contribution in [2.24, 2.45) is 15.5 Å². The van der Waals surface area contributed by atoms with Crippen LogP contribution in [0.4, 0.5) is 5.69 Å². The molecule has 0 aromatic heterocycles. The van der Waals surface area contributed by atoms with Gasteiger partial charge in [0.25, 0.3) is 5.84 Å². The number of carbonyl (C=O) groups excluding carboxylic acids is 1. The Hall–Kier alpha value is -2.24. The molecule has 0 spiro atoms. The van der Waals surface area contributed by atoms with E-state index >= 15 is 0 Å². The van der Waals surface area contributed by atoms with Gasteiger partial charge in [-0.2, -0.15) is 5.01 Å². The first-order valence-electron chi connectivity index (χ1n) is 3.84. The lowest BCUT2D eigenvalue weighted by molar-refractivity contribution is -0.112. The van der Waals surface area contributed by atoms with E-state index in [2.05, 4.69) is 15.5 Å². The highest BCUT2D eigenvalue weighted by Crippen LogP contribution is 2.18. The molecule has 0 saturated heterocycles. The van der Waals surface area contributed by atoms with Crippen LogP contribution in [0.5, 0.6) is 0 Å². The number of amidine groups is 1. The molecular formula is C8H5N4O2. The van der Waals surface area contributed by atoms with Gasteiger partial charge in [0.2, 0.25) is 0 Å². The van der Waals surface area contributed by atoms with E-state index in [-0.39, 0.29) is 0 Å². The Kier molecular flexibility index (Phi) is 1.94. The summed E-state index contributed by atoms with van der Waals surface area (Å²) in [5.74, 6) is -1.03. The number of para-hydroxylation sites is 1. The van der Waals surface area contributed by atoms with Crippen LogP contribution in [0, 0.1) is 0 Å². The first kappa shape index (κ1) is 8.36. The quantitative estimate of drug-likeness (QED) is 0.610. The summed E-state index contributed by atoms with van der Waals surface area (Å²) >= 11 is 0. The number of anilines is 1. The van der Waals surface area contributed by atoms with Crippen LogP contribution in [-0.2, 0) is 10.0 Å². The van der Waals surface area contributed by atoms with E-state index < -0.39 is 11.7 Å². The lowest BCUT2D eigenvalue weighted by Gasteiger charge is -2.07. The smallest absolute Gasteiger partial charge is 0.263 e. The fourth-order valence-electron chi connectivity index (χ4n) is 1.06. The maximum Gasteiger partial charge on any atom is 0.323 e. The molecule has 0 unspecified atom stereocenters. The average Bonchev–Trinajstić information content (AvgIpc) is 2.61. The predicted molar refractivity (Wildman–Crippen MR) is 46.9 cm³/mol. The molecule has 1 heterocycles. The monoisotopic (exact) mass is 189 g/mol. The summed E-state index contributed by atoms with van der Waals surface area (Å²) in [6.45, 7) is 0. The van der Waals surface area contributed by atoms with Crippen molar-refractivity contribution in [1.29, 1.82) is 0 Å². The Balaban J connectivity index is 2.32. The molecule has 14 heavy (non-hydrogen) atoms. The third-order valence-corrected chi connectivity index (χ3v) is 1.70. The summed E-state index contributed by atoms with van der Waals surface area (Å²) in [4.78, 5) is 11.3.